The Morgan fingerprint density at radius 2 is 2.00 bits per heavy atom. The van der Waals surface area contributed by atoms with Crippen molar-refractivity contribution in [2.24, 2.45) is 11.8 Å². The number of imidazole rings is 1. The molecule has 1 saturated heterocycles. The van der Waals surface area contributed by atoms with Crippen molar-refractivity contribution in [1.29, 1.82) is 0 Å². The largest absolute Gasteiger partial charge is 0.337 e. The summed E-state index contributed by atoms with van der Waals surface area (Å²) in [5.74, 6) is 1.90. The molecular weight excluding hydrogens is 294 g/mol. The van der Waals surface area contributed by atoms with Crippen molar-refractivity contribution in [3.8, 4) is 0 Å². The zero-order chi connectivity index (χ0) is 15.4. The van der Waals surface area contributed by atoms with Crippen LogP contribution in [0.3, 0.4) is 0 Å². The Morgan fingerprint density at radius 1 is 1.27 bits per heavy atom. The number of hydrogen-bond acceptors (Lipinski definition) is 2. The Kier molecular flexibility index (Phi) is 5.16. The van der Waals surface area contributed by atoms with Crippen LogP contribution in [0, 0.1) is 11.8 Å². The van der Waals surface area contributed by atoms with E-state index >= 15 is 0 Å². The number of halogens is 1. The fraction of sp³-hybridized carbons (Fsp3) is 0.500. The van der Waals surface area contributed by atoms with E-state index in [-0.39, 0.29) is 0 Å². The van der Waals surface area contributed by atoms with Gasteiger partial charge >= 0.3 is 0 Å². The molecule has 1 aromatic heterocycles. The fourth-order valence-electron chi connectivity index (χ4n) is 3.64. The Hall–Kier alpha value is -1.32. The van der Waals surface area contributed by atoms with Crippen molar-refractivity contribution in [1.82, 2.24) is 14.9 Å². The lowest BCUT2D eigenvalue weighted by Gasteiger charge is -2.35. The van der Waals surface area contributed by atoms with Crippen molar-refractivity contribution in [3.63, 3.8) is 0 Å². The third kappa shape index (κ3) is 3.71. The SMILES string of the molecule is CC(c1ccc(Cl)cc1)C(Cn1ccnc1)C1CCNCC1. The minimum Gasteiger partial charge on any atom is -0.337 e. The summed E-state index contributed by atoms with van der Waals surface area (Å²) in [6.45, 7) is 5.66. The average Bonchev–Trinajstić information content (AvgIpc) is 3.07. The molecule has 3 rings (SSSR count). The highest BCUT2D eigenvalue weighted by molar-refractivity contribution is 6.30. The van der Waals surface area contributed by atoms with Gasteiger partial charge in [-0.15, -0.1) is 0 Å². The van der Waals surface area contributed by atoms with Crippen LogP contribution in [0.4, 0.5) is 0 Å². The van der Waals surface area contributed by atoms with Gasteiger partial charge in [0.05, 0.1) is 6.33 Å². The lowest BCUT2D eigenvalue weighted by atomic mass is 9.75. The topological polar surface area (TPSA) is 29.9 Å². The standard InChI is InChI=1S/C18H24ClN3/c1-14(15-2-4-17(19)5-3-15)18(12-22-11-10-21-13-22)16-6-8-20-9-7-16/h2-5,10-11,13-14,16,18,20H,6-9,12H2,1H3. The summed E-state index contributed by atoms with van der Waals surface area (Å²) in [7, 11) is 0. The van der Waals surface area contributed by atoms with Crippen LogP contribution in [-0.4, -0.2) is 22.6 Å². The quantitative estimate of drug-likeness (QED) is 0.904. The smallest absolute Gasteiger partial charge is 0.0946 e. The Morgan fingerprint density at radius 3 is 2.64 bits per heavy atom. The van der Waals surface area contributed by atoms with Crippen LogP contribution in [0.15, 0.2) is 43.0 Å². The van der Waals surface area contributed by atoms with E-state index in [4.69, 9.17) is 11.6 Å². The minimum atomic E-state index is 0.516. The van der Waals surface area contributed by atoms with Crippen LogP contribution >= 0.6 is 11.6 Å². The molecule has 1 aliphatic heterocycles. The van der Waals surface area contributed by atoms with Gasteiger partial charge in [-0.3, -0.25) is 0 Å². The molecule has 118 valence electrons. The molecule has 2 unspecified atom stereocenters. The molecule has 0 radical (unpaired) electrons. The predicted molar refractivity (Wildman–Crippen MR) is 91.2 cm³/mol. The lowest BCUT2D eigenvalue weighted by molar-refractivity contribution is 0.206. The van der Waals surface area contributed by atoms with Crippen LogP contribution in [0.25, 0.3) is 0 Å². The Labute approximate surface area is 137 Å². The fourth-order valence-corrected chi connectivity index (χ4v) is 3.77. The van der Waals surface area contributed by atoms with Crippen LogP contribution in [0.2, 0.25) is 5.02 Å². The van der Waals surface area contributed by atoms with Crippen molar-refractivity contribution in [2.75, 3.05) is 13.1 Å². The second-order valence-electron chi connectivity index (χ2n) is 6.35. The van der Waals surface area contributed by atoms with Gasteiger partial charge in [-0.2, -0.15) is 0 Å². The molecule has 2 aromatic rings. The van der Waals surface area contributed by atoms with E-state index in [2.05, 4.69) is 40.1 Å². The summed E-state index contributed by atoms with van der Waals surface area (Å²) in [6.07, 6.45) is 8.40. The second kappa shape index (κ2) is 7.30. The zero-order valence-corrected chi connectivity index (χ0v) is 13.8. The number of benzene rings is 1. The van der Waals surface area contributed by atoms with Crippen LogP contribution in [0.1, 0.15) is 31.2 Å². The van der Waals surface area contributed by atoms with Gasteiger partial charge in [-0.05, 0) is 61.4 Å². The normalized spacial score (nSPS) is 19.0. The molecule has 4 heteroatoms. The number of hydrogen-bond donors (Lipinski definition) is 1. The summed E-state index contributed by atoms with van der Waals surface area (Å²) >= 11 is 6.04. The third-order valence-electron chi connectivity index (χ3n) is 5.01. The van der Waals surface area contributed by atoms with Crippen LogP contribution in [-0.2, 0) is 6.54 Å². The first-order chi connectivity index (χ1) is 10.7. The maximum Gasteiger partial charge on any atom is 0.0946 e. The number of nitrogens with zero attached hydrogens (tertiary/aromatic N) is 2. The Bertz CT molecular complexity index is 559. The van der Waals surface area contributed by atoms with Gasteiger partial charge < -0.3 is 9.88 Å². The minimum absolute atomic E-state index is 0.516. The van der Waals surface area contributed by atoms with Crippen molar-refractivity contribution < 1.29 is 0 Å². The van der Waals surface area contributed by atoms with E-state index in [1.807, 2.05) is 24.7 Å². The molecule has 1 fully saturated rings. The van der Waals surface area contributed by atoms with Crippen LogP contribution < -0.4 is 5.32 Å². The molecule has 0 amide bonds. The highest BCUT2D eigenvalue weighted by Crippen LogP contribution is 2.36. The molecule has 2 atom stereocenters. The van der Waals surface area contributed by atoms with E-state index in [1.165, 1.54) is 18.4 Å². The molecule has 0 saturated carbocycles. The van der Waals surface area contributed by atoms with E-state index < -0.39 is 0 Å². The third-order valence-corrected chi connectivity index (χ3v) is 5.26. The molecule has 22 heavy (non-hydrogen) atoms. The van der Waals surface area contributed by atoms with Gasteiger partial charge in [0.2, 0.25) is 0 Å². The molecule has 0 aliphatic carbocycles. The number of rotatable bonds is 5. The summed E-state index contributed by atoms with van der Waals surface area (Å²) in [4.78, 5) is 4.20. The number of aromatic nitrogens is 2. The molecule has 1 N–H and O–H groups in total. The van der Waals surface area contributed by atoms with E-state index in [9.17, 15) is 0 Å². The monoisotopic (exact) mass is 317 g/mol. The highest BCUT2D eigenvalue weighted by Gasteiger charge is 2.29. The Balaban J connectivity index is 1.81. The van der Waals surface area contributed by atoms with Crippen molar-refractivity contribution in [2.45, 2.75) is 32.2 Å². The summed E-state index contributed by atoms with van der Waals surface area (Å²) in [5.41, 5.74) is 1.38. The van der Waals surface area contributed by atoms with Gasteiger partial charge in [0.25, 0.3) is 0 Å². The van der Waals surface area contributed by atoms with Gasteiger partial charge in [0.1, 0.15) is 0 Å². The van der Waals surface area contributed by atoms with E-state index in [0.29, 0.717) is 11.8 Å². The molecule has 0 bridgehead atoms. The number of piperidine rings is 1. The summed E-state index contributed by atoms with van der Waals surface area (Å²) in [5, 5.41) is 4.29. The van der Waals surface area contributed by atoms with Crippen molar-refractivity contribution in [3.05, 3.63) is 53.6 Å². The predicted octanol–water partition coefficient (Wildman–Crippen LogP) is 3.96. The average molecular weight is 318 g/mol. The van der Waals surface area contributed by atoms with Gasteiger partial charge in [-0.25, -0.2) is 4.98 Å². The van der Waals surface area contributed by atoms with Gasteiger partial charge in [-0.1, -0.05) is 30.7 Å². The molecule has 0 spiro atoms. The molecule has 3 nitrogen and oxygen atoms in total. The lowest BCUT2D eigenvalue weighted by Crippen LogP contribution is -2.35. The maximum absolute atomic E-state index is 6.04. The first kappa shape index (κ1) is 15.6. The van der Waals surface area contributed by atoms with Gasteiger partial charge in [0.15, 0.2) is 0 Å². The first-order valence-electron chi connectivity index (χ1n) is 8.16. The number of nitrogens with one attached hydrogen (secondary N) is 1. The first-order valence-corrected chi connectivity index (χ1v) is 8.54. The van der Waals surface area contributed by atoms with E-state index in [1.54, 1.807) is 0 Å². The van der Waals surface area contributed by atoms with Gasteiger partial charge in [0, 0.05) is 24.0 Å². The van der Waals surface area contributed by atoms with E-state index in [0.717, 1.165) is 30.6 Å². The molecule has 1 aromatic carbocycles. The molecular formula is C18H24ClN3. The van der Waals surface area contributed by atoms with Crippen molar-refractivity contribution >= 4 is 11.6 Å². The summed E-state index contributed by atoms with van der Waals surface area (Å²) in [6, 6.07) is 8.36. The van der Waals surface area contributed by atoms with Crippen LogP contribution in [0.5, 0.6) is 0 Å². The highest BCUT2D eigenvalue weighted by atomic mass is 35.5. The second-order valence-corrected chi connectivity index (χ2v) is 6.79. The summed E-state index contributed by atoms with van der Waals surface area (Å²) < 4.78 is 2.22. The maximum atomic E-state index is 6.04. The molecule has 1 aliphatic rings. The molecule has 2 heterocycles. The zero-order valence-electron chi connectivity index (χ0n) is 13.1.